The molecular formula is C11H12O4S. The van der Waals surface area contributed by atoms with Crippen LogP contribution in [0.1, 0.15) is 43.3 Å². The average molecular weight is 240 g/mol. The smallest absolute Gasteiger partial charge is 0.348 e. The second kappa shape index (κ2) is 4.25. The highest BCUT2D eigenvalue weighted by molar-refractivity contribution is 7.16. The molecule has 1 aromatic rings. The van der Waals surface area contributed by atoms with E-state index in [2.05, 4.69) is 4.74 Å². The molecular weight excluding hydrogens is 228 g/mol. The van der Waals surface area contributed by atoms with E-state index in [0.29, 0.717) is 9.75 Å². The number of esters is 1. The van der Waals surface area contributed by atoms with Gasteiger partial charge in [0.15, 0.2) is 0 Å². The van der Waals surface area contributed by atoms with E-state index in [-0.39, 0.29) is 0 Å². The van der Waals surface area contributed by atoms with Crippen LogP contribution in [0.15, 0.2) is 0 Å². The fourth-order valence-corrected chi connectivity index (χ4v) is 3.22. The molecule has 0 radical (unpaired) electrons. The molecule has 2 rings (SSSR count). The minimum atomic E-state index is -0.946. The summed E-state index contributed by atoms with van der Waals surface area (Å²) < 4.78 is 4.67. The zero-order chi connectivity index (χ0) is 11.7. The Kier molecular flexibility index (Phi) is 2.96. The van der Waals surface area contributed by atoms with Crippen LogP contribution in [0.3, 0.4) is 0 Å². The second-order valence-corrected chi connectivity index (χ2v) is 4.74. The molecule has 0 atom stereocenters. The van der Waals surface area contributed by atoms with E-state index in [1.807, 2.05) is 0 Å². The number of hydrogen-bond acceptors (Lipinski definition) is 4. The molecule has 16 heavy (non-hydrogen) atoms. The van der Waals surface area contributed by atoms with Crippen molar-refractivity contribution in [1.82, 2.24) is 0 Å². The Balaban J connectivity index is 2.54. The largest absolute Gasteiger partial charge is 0.477 e. The van der Waals surface area contributed by atoms with Gasteiger partial charge in [-0.05, 0) is 36.8 Å². The van der Waals surface area contributed by atoms with E-state index >= 15 is 0 Å². The number of carboxylic acids is 1. The lowest BCUT2D eigenvalue weighted by Gasteiger charge is -2.12. The molecule has 0 bridgehead atoms. The summed E-state index contributed by atoms with van der Waals surface area (Å²) in [7, 11) is 1.32. The molecule has 0 spiro atoms. The van der Waals surface area contributed by atoms with E-state index in [1.165, 1.54) is 7.11 Å². The van der Waals surface area contributed by atoms with Crippen molar-refractivity contribution in [2.75, 3.05) is 7.11 Å². The number of aromatic carboxylic acids is 1. The number of thiophene rings is 1. The van der Waals surface area contributed by atoms with Crippen molar-refractivity contribution in [2.45, 2.75) is 25.7 Å². The Morgan fingerprint density at radius 3 is 2.25 bits per heavy atom. The molecule has 0 saturated carbocycles. The van der Waals surface area contributed by atoms with E-state index in [4.69, 9.17) is 5.11 Å². The molecule has 1 heterocycles. The van der Waals surface area contributed by atoms with Crippen molar-refractivity contribution < 1.29 is 19.4 Å². The Bertz CT molecular complexity index is 447. The fourth-order valence-electron chi connectivity index (χ4n) is 2.06. The summed E-state index contributed by atoms with van der Waals surface area (Å²) in [6, 6.07) is 0. The lowest BCUT2D eigenvalue weighted by atomic mass is 9.92. The fraction of sp³-hybridized carbons (Fsp3) is 0.455. The minimum absolute atomic E-state index is 0.301. The van der Waals surface area contributed by atoms with Crippen molar-refractivity contribution in [1.29, 1.82) is 0 Å². The molecule has 5 heteroatoms. The molecule has 1 aromatic heterocycles. The third-order valence-corrected chi connectivity index (χ3v) is 4.03. The van der Waals surface area contributed by atoms with Gasteiger partial charge in [-0.25, -0.2) is 9.59 Å². The lowest BCUT2D eigenvalue weighted by molar-refractivity contribution is 0.0604. The van der Waals surface area contributed by atoms with Crippen LogP contribution in [0.5, 0.6) is 0 Å². The Morgan fingerprint density at radius 1 is 1.19 bits per heavy atom. The van der Waals surface area contributed by atoms with Crippen LogP contribution >= 0.6 is 11.3 Å². The molecule has 0 saturated heterocycles. The average Bonchev–Trinajstić information content (AvgIpc) is 2.67. The quantitative estimate of drug-likeness (QED) is 0.804. The van der Waals surface area contributed by atoms with E-state index in [0.717, 1.165) is 48.1 Å². The first-order valence-corrected chi connectivity index (χ1v) is 5.93. The normalized spacial score (nSPS) is 14.3. The standard InChI is InChI=1S/C11H12O4S/c1-15-11(14)9-7-5-3-2-4-6(7)8(16-9)10(12)13/h2-5H2,1H3,(H,12,13). The van der Waals surface area contributed by atoms with E-state index < -0.39 is 11.9 Å². The van der Waals surface area contributed by atoms with Crippen LogP contribution in [0.2, 0.25) is 0 Å². The number of methoxy groups -OCH3 is 1. The van der Waals surface area contributed by atoms with Crippen LogP contribution in [0.4, 0.5) is 0 Å². The van der Waals surface area contributed by atoms with Crippen molar-refractivity contribution in [3.8, 4) is 0 Å². The summed E-state index contributed by atoms with van der Waals surface area (Å²) in [6.45, 7) is 0. The van der Waals surface area contributed by atoms with Gasteiger partial charge in [0.2, 0.25) is 0 Å². The summed E-state index contributed by atoms with van der Waals surface area (Å²) in [6.07, 6.45) is 3.53. The number of carbonyl (C=O) groups is 2. The summed E-state index contributed by atoms with van der Waals surface area (Å²) in [5, 5.41) is 9.07. The van der Waals surface area contributed by atoms with Crippen LogP contribution in [-0.2, 0) is 17.6 Å². The minimum Gasteiger partial charge on any atom is -0.477 e. The van der Waals surface area contributed by atoms with Crippen LogP contribution in [0, 0.1) is 0 Å². The van der Waals surface area contributed by atoms with Crippen LogP contribution in [0.25, 0.3) is 0 Å². The highest BCUT2D eigenvalue weighted by Gasteiger charge is 2.27. The predicted octanol–water partition coefficient (Wildman–Crippen LogP) is 2.11. The molecule has 0 unspecified atom stereocenters. The summed E-state index contributed by atoms with van der Waals surface area (Å²) in [5.41, 5.74) is 1.73. The molecule has 1 aliphatic carbocycles. The first-order valence-electron chi connectivity index (χ1n) is 5.11. The zero-order valence-electron chi connectivity index (χ0n) is 8.91. The van der Waals surface area contributed by atoms with E-state index in [1.54, 1.807) is 0 Å². The van der Waals surface area contributed by atoms with Crippen molar-refractivity contribution in [3.05, 3.63) is 20.9 Å². The zero-order valence-corrected chi connectivity index (χ0v) is 9.73. The Morgan fingerprint density at radius 2 is 1.75 bits per heavy atom. The summed E-state index contributed by atoms with van der Waals surface area (Å²) >= 11 is 1.04. The molecule has 1 N–H and O–H groups in total. The molecule has 0 fully saturated rings. The van der Waals surface area contributed by atoms with Gasteiger partial charge in [-0.2, -0.15) is 0 Å². The number of carbonyl (C=O) groups excluding carboxylic acids is 1. The highest BCUT2D eigenvalue weighted by atomic mass is 32.1. The SMILES string of the molecule is COC(=O)c1sc(C(=O)O)c2c1CCCC2. The molecule has 0 aromatic carbocycles. The third-order valence-electron chi connectivity index (χ3n) is 2.79. The van der Waals surface area contributed by atoms with E-state index in [9.17, 15) is 9.59 Å². The lowest BCUT2D eigenvalue weighted by Crippen LogP contribution is -2.08. The molecule has 1 aliphatic rings. The maximum absolute atomic E-state index is 11.5. The Hall–Kier alpha value is -1.36. The van der Waals surface area contributed by atoms with Crippen LogP contribution in [-0.4, -0.2) is 24.2 Å². The summed E-state index contributed by atoms with van der Waals surface area (Å²) in [4.78, 5) is 23.3. The first kappa shape index (κ1) is 11.1. The van der Waals surface area contributed by atoms with Gasteiger partial charge in [0.05, 0.1) is 7.11 Å². The first-order chi connectivity index (χ1) is 7.65. The maximum Gasteiger partial charge on any atom is 0.348 e. The third kappa shape index (κ3) is 1.71. The Labute approximate surface area is 96.9 Å². The van der Waals surface area contributed by atoms with Crippen molar-refractivity contribution >= 4 is 23.3 Å². The molecule has 4 nitrogen and oxygen atoms in total. The van der Waals surface area contributed by atoms with Gasteiger partial charge >= 0.3 is 11.9 Å². The van der Waals surface area contributed by atoms with Crippen LogP contribution < -0.4 is 0 Å². The van der Waals surface area contributed by atoms with Gasteiger partial charge in [0.1, 0.15) is 9.75 Å². The molecule has 86 valence electrons. The number of carboxylic acid groups (broad SMARTS) is 1. The maximum atomic E-state index is 11.5. The van der Waals surface area contributed by atoms with Crippen molar-refractivity contribution in [3.63, 3.8) is 0 Å². The van der Waals surface area contributed by atoms with Gasteiger partial charge in [0.25, 0.3) is 0 Å². The van der Waals surface area contributed by atoms with Gasteiger partial charge in [0, 0.05) is 0 Å². The van der Waals surface area contributed by atoms with Gasteiger partial charge in [-0.1, -0.05) is 0 Å². The number of ether oxygens (including phenoxy) is 1. The topological polar surface area (TPSA) is 63.6 Å². The van der Waals surface area contributed by atoms with Crippen molar-refractivity contribution in [2.24, 2.45) is 0 Å². The van der Waals surface area contributed by atoms with Gasteiger partial charge in [-0.3, -0.25) is 0 Å². The monoisotopic (exact) mass is 240 g/mol. The summed E-state index contributed by atoms with van der Waals surface area (Å²) in [5.74, 6) is -1.37. The predicted molar refractivity (Wildman–Crippen MR) is 59.3 cm³/mol. The number of rotatable bonds is 2. The van der Waals surface area contributed by atoms with Gasteiger partial charge in [-0.15, -0.1) is 11.3 Å². The second-order valence-electron chi connectivity index (χ2n) is 3.72. The molecule has 0 aliphatic heterocycles. The van der Waals surface area contributed by atoms with Gasteiger partial charge < -0.3 is 9.84 Å². The number of hydrogen-bond donors (Lipinski definition) is 1. The molecule has 0 amide bonds. The number of fused-ring (bicyclic) bond motifs is 1. The highest BCUT2D eigenvalue weighted by Crippen LogP contribution is 2.34.